The topological polar surface area (TPSA) is 55.1 Å². The Labute approximate surface area is 96.8 Å². The lowest BCUT2D eigenvalue weighted by Crippen LogP contribution is -2.39. The summed E-state index contributed by atoms with van der Waals surface area (Å²) in [5.41, 5.74) is 5.10. The fraction of sp³-hybridized carbons (Fsp3) is 0.364. The summed E-state index contributed by atoms with van der Waals surface area (Å²) in [6.07, 6.45) is 0. The average molecular weight is 246 g/mol. The van der Waals surface area contributed by atoms with E-state index in [0.29, 0.717) is 12.1 Å². The molecule has 0 aliphatic rings. The molecule has 6 heteroatoms. The second kappa shape index (κ2) is 5.18. The van der Waals surface area contributed by atoms with Gasteiger partial charge in [-0.1, -0.05) is 13.8 Å². The maximum atomic E-state index is 13.2. The molecule has 0 aromatic heterocycles. The number of rotatable bonds is 3. The third-order valence-electron chi connectivity index (χ3n) is 2.29. The minimum atomic E-state index is -1.31. The second-order valence-electron chi connectivity index (χ2n) is 4.01. The summed E-state index contributed by atoms with van der Waals surface area (Å²) in [6, 6.07) is 0.101. The van der Waals surface area contributed by atoms with Crippen molar-refractivity contribution in [2.45, 2.75) is 19.9 Å². The first kappa shape index (κ1) is 13.5. The molecule has 1 unspecified atom stereocenters. The van der Waals surface area contributed by atoms with Crippen molar-refractivity contribution in [3.05, 3.63) is 29.6 Å². The quantitative estimate of drug-likeness (QED) is 0.802. The Kier molecular flexibility index (Phi) is 4.11. The molecule has 3 nitrogen and oxygen atoms in total. The summed E-state index contributed by atoms with van der Waals surface area (Å²) >= 11 is 0. The third-order valence-corrected chi connectivity index (χ3v) is 2.29. The van der Waals surface area contributed by atoms with Crippen molar-refractivity contribution in [3.8, 4) is 0 Å². The van der Waals surface area contributed by atoms with Gasteiger partial charge in [0.15, 0.2) is 11.6 Å². The highest BCUT2D eigenvalue weighted by molar-refractivity contribution is 5.94. The van der Waals surface area contributed by atoms with Gasteiger partial charge in [-0.25, -0.2) is 13.2 Å². The fourth-order valence-corrected chi connectivity index (χ4v) is 1.14. The number of carbonyl (C=O) groups is 1. The van der Waals surface area contributed by atoms with Crippen LogP contribution in [-0.2, 0) is 4.79 Å². The number of anilines is 1. The third kappa shape index (κ3) is 3.20. The molecule has 0 aliphatic carbocycles. The van der Waals surface area contributed by atoms with Gasteiger partial charge in [-0.15, -0.1) is 0 Å². The number of hydrogen-bond acceptors (Lipinski definition) is 2. The van der Waals surface area contributed by atoms with Gasteiger partial charge in [-0.05, 0) is 5.92 Å². The lowest BCUT2D eigenvalue weighted by atomic mass is 10.0. The molecule has 1 atom stereocenters. The molecule has 94 valence electrons. The SMILES string of the molecule is CC(C)C(N)C(=O)Nc1cc(F)c(F)cc1F. The molecule has 0 saturated carbocycles. The van der Waals surface area contributed by atoms with Crippen LogP contribution in [0.5, 0.6) is 0 Å². The maximum absolute atomic E-state index is 13.2. The highest BCUT2D eigenvalue weighted by Crippen LogP contribution is 2.18. The average Bonchev–Trinajstić information content (AvgIpc) is 2.24. The van der Waals surface area contributed by atoms with Gasteiger partial charge in [-0.3, -0.25) is 4.79 Å². The normalized spacial score (nSPS) is 12.6. The van der Waals surface area contributed by atoms with Crippen LogP contribution in [0.4, 0.5) is 18.9 Å². The summed E-state index contributed by atoms with van der Waals surface area (Å²) in [5, 5.41) is 2.11. The Hall–Kier alpha value is -1.56. The van der Waals surface area contributed by atoms with Gasteiger partial charge in [0.25, 0.3) is 0 Å². The molecule has 0 heterocycles. The number of nitrogens with one attached hydrogen (secondary N) is 1. The lowest BCUT2D eigenvalue weighted by Gasteiger charge is -2.15. The van der Waals surface area contributed by atoms with Crippen LogP contribution in [0, 0.1) is 23.4 Å². The van der Waals surface area contributed by atoms with Crippen molar-refractivity contribution < 1.29 is 18.0 Å². The Morgan fingerprint density at radius 1 is 1.18 bits per heavy atom. The van der Waals surface area contributed by atoms with E-state index in [0.717, 1.165) is 0 Å². The summed E-state index contributed by atoms with van der Waals surface area (Å²) in [7, 11) is 0. The molecule has 0 bridgehead atoms. The number of amides is 1. The number of carbonyl (C=O) groups excluding carboxylic acids is 1. The number of hydrogen-bond donors (Lipinski definition) is 2. The van der Waals surface area contributed by atoms with E-state index < -0.39 is 35.1 Å². The van der Waals surface area contributed by atoms with Gasteiger partial charge in [0.05, 0.1) is 11.7 Å². The van der Waals surface area contributed by atoms with Gasteiger partial charge in [0.1, 0.15) is 5.82 Å². The zero-order chi connectivity index (χ0) is 13.2. The molecule has 1 rings (SSSR count). The van der Waals surface area contributed by atoms with Crippen molar-refractivity contribution in [2.75, 3.05) is 5.32 Å². The molecule has 17 heavy (non-hydrogen) atoms. The lowest BCUT2D eigenvalue weighted by molar-refractivity contribution is -0.118. The van der Waals surface area contributed by atoms with Crippen LogP contribution < -0.4 is 11.1 Å². The van der Waals surface area contributed by atoms with E-state index in [-0.39, 0.29) is 5.92 Å². The smallest absolute Gasteiger partial charge is 0.241 e. The van der Waals surface area contributed by atoms with Gasteiger partial charge >= 0.3 is 0 Å². The summed E-state index contributed by atoms with van der Waals surface area (Å²) in [6.45, 7) is 3.43. The molecule has 0 saturated heterocycles. The summed E-state index contributed by atoms with van der Waals surface area (Å²) in [4.78, 5) is 11.5. The number of nitrogens with two attached hydrogens (primary N) is 1. The molecule has 0 radical (unpaired) electrons. The van der Waals surface area contributed by atoms with Crippen molar-refractivity contribution in [2.24, 2.45) is 11.7 Å². The molecule has 0 spiro atoms. The first-order chi connectivity index (χ1) is 7.82. The molecule has 1 aromatic carbocycles. The molecular weight excluding hydrogens is 233 g/mol. The Bertz CT molecular complexity index is 435. The van der Waals surface area contributed by atoms with Gasteiger partial charge in [-0.2, -0.15) is 0 Å². The first-order valence-electron chi connectivity index (χ1n) is 5.04. The number of benzene rings is 1. The molecular formula is C11H13F3N2O. The zero-order valence-electron chi connectivity index (χ0n) is 9.43. The van der Waals surface area contributed by atoms with Gasteiger partial charge < -0.3 is 11.1 Å². The minimum absolute atomic E-state index is 0.150. The van der Waals surface area contributed by atoms with Crippen LogP contribution in [0.3, 0.4) is 0 Å². The van der Waals surface area contributed by atoms with E-state index in [4.69, 9.17) is 5.73 Å². The Morgan fingerprint density at radius 2 is 1.71 bits per heavy atom. The van der Waals surface area contributed by atoms with E-state index in [2.05, 4.69) is 5.32 Å². The fourth-order valence-electron chi connectivity index (χ4n) is 1.14. The van der Waals surface area contributed by atoms with Crippen LogP contribution in [0.25, 0.3) is 0 Å². The van der Waals surface area contributed by atoms with Crippen molar-refractivity contribution in [1.29, 1.82) is 0 Å². The van der Waals surface area contributed by atoms with Crippen molar-refractivity contribution in [3.63, 3.8) is 0 Å². The van der Waals surface area contributed by atoms with Gasteiger partial charge in [0, 0.05) is 12.1 Å². The van der Waals surface area contributed by atoms with Crippen LogP contribution >= 0.6 is 0 Å². The molecule has 0 fully saturated rings. The van der Waals surface area contributed by atoms with Crippen molar-refractivity contribution in [1.82, 2.24) is 0 Å². The van der Waals surface area contributed by atoms with Crippen LogP contribution in [0.2, 0.25) is 0 Å². The van der Waals surface area contributed by atoms with Crippen molar-refractivity contribution >= 4 is 11.6 Å². The van der Waals surface area contributed by atoms with Gasteiger partial charge in [0.2, 0.25) is 5.91 Å². The summed E-state index contributed by atoms with van der Waals surface area (Å²) in [5.74, 6) is -4.39. The van der Waals surface area contributed by atoms with Crippen LogP contribution in [0.1, 0.15) is 13.8 Å². The predicted octanol–water partition coefficient (Wildman–Crippen LogP) is 2.03. The van der Waals surface area contributed by atoms with Crippen LogP contribution in [0.15, 0.2) is 12.1 Å². The molecule has 1 aromatic rings. The highest BCUT2D eigenvalue weighted by Gasteiger charge is 2.19. The van der Waals surface area contributed by atoms with E-state index in [9.17, 15) is 18.0 Å². The van der Waals surface area contributed by atoms with Crippen LogP contribution in [-0.4, -0.2) is 11.9 Å². The maximum Gasteiger partial charge on any atom is 0.241 e. The first-order valence-corrected chi connectivity index (χ1v) is 5.04. The monoisotopic (exact) mass is 246 g/mol. The van der Waals surface area contributed by atoms with E-state index >= 15 is 0 Å². The second-order valence-corrected chi connectivity index (χ2v) is 4.01. The molecule has 0 aliphatic heterocycles. The summed E-state index contributed by atoms with van der Waals surface area (Å²) < 4.78 is 38.7. The Balaban J connectivity index is 2.89. The minimum Gasteiger partial charge on any atom is -0.322 e. The molecule has 1 amide bonds. The zero-order valence-corrected chi connectivity index (χ0v) is 9.43. The largest absolute Gasteiger partial charge is 0.322 e. The van der Waals surface area contributed by atoms with E-state index in [1.807, 2.05) is 0 Å². The Morgan fingerprint density at radius 3 is 2.24 bits per heavy atom. The standard InChI is InChI=1S/C11H13F3N2O/c1-5(2)10(15)11(17)16-9-4-7(13)6(12)3-8(9)14/h3-5,10H,15H2,1-2H3,(H,16,17). The predicted molar refractivity (Wildman–Crippen MR) is 57.8 cm³/mol. The molecule has 3 N–H and O–H groups in total. The van der Waals surface area contributed by atoms with E-state index in [1.54, 1.807) is 13.8 Å². The number of halogens is 3. The highest BCUT2D eigenvalue weighted by atomic mass is 19.2. The van der Waals surface area contributed by atoms with E-state index in [1.165, 1.54) is 0 Å².